The molecule has 0 spiro atoms. The fraction of sp³-hybridized carbons (Fsp3) is 0.444. The number of imide groups is 1. The Labute approximate surface area is 219 Å². The Hall–Kier alpha value is -3.86. The highest BCUT2D eigenvalue weighted by Crippen LogP contribution is 2.36. The van der Waals surface area contributed by atoms with Gasteiger partial charge in [-0.25, -0.2) is 9.37 Å². The van der Waals surface area contributed by atoms with Crippen LogP contribution in [-0.2, 0) is 22.7 Å². The number of fused-ring (bicyclic) bond motifs is 2. The number of anilines is 1. The highest BCUT2D eigenvalue weighted by molar-refractivity contribution is 6.05. The molecule has 1 atom stereocenters. The zero-order valence-corrected chi connectivity index (χ0v) is 21.4. The molecule has 6 rings (SSSR count). The molecular weight excluding hydrogens is 489 g/mol. The van der Waals surface area contributed by atoms with Crippen LogP contribution in [0.2, 0.25) is 0 Å². The summed E-state index contributed by atoms with van der Waals surface area (Å²) in [5, 5.41) is 13.2. The summed E-state index contributed by atoms with van der Waals surface area (Å²) < 4.78 is 16.1. The Morgan fingerprint density at radius 2 is 1.92 bits per heavy atom. The number of carbonyl (C=O) groups excluding carboxylic acids is 3. The van der Waals surface area contributed by atoms with Gasteiger partial charge in [0, 0.05) is 35.7 Å². The molecule has 2 fully saturated rings. The van der Waals surface area contributed by atoms with Crippen LogP contribution in [0, 0.1) is 5.82 Å². The number of piperidine rings is 1. The van der Waals surface area contributed by atoms with Gasteiger partial charge in [0.05, 0.1) is 17.8 Å². The van der Waals surface area contributed by atoms with Crippen molar-refractivity contribution in [1.29, 1.82) is 0 Å². The SMILES string of the molecule is CC(C)Nc1n[nH]c2c(CN3CCCC3)cc(-c3ccc4c(c3F)CN(C3CCC(=O)NC3=O)C4=O)nc12. The number of H-pyrrole nitrogens is 1. The number of nitrogens with zero attached hydrogens (tertiary/aromatic N) is 4. The van der Waals surface area contributed by atoms with Gasteiger partial charge >= 0.3 is 0 Å². The molecule has 0 bridgehead atoms. The second kappa shape index (κ2) is 9.46. The number of rotatable bonds is 6. The first-order valence-electron chi connectivity index (χ1n) is 13.1. The van der Waals surface area contributed by atoms with E-state index in [2.05, 4.69) is 25.7 Å². The summed E-state index contributed by atoms with van der Waals surface area (Å²) in [6.45, 7) is 6.71. The Kier molecular flexibility index (Phi) is 6.10. The van der Waals surface area contributed by atoms with E-state index in [4.69, 9.17) is 4.98 Å². The second-order valence-electron chi connectivity index (χ2n) is 10.6. The Bertz CT molecular complexity index is 1460. The summed E-state index contributed by atoms with van der Waals surface area (Å²) in [5.41, 5.74) is 3.69. The first-order chi connectivity index (χ1) is 18.3. The number of hydrogen-bond donors (Lipinski definition) is 3. The van der Waals surface area contributed by atoms with Crippen molar-refractivity contribution in [2.45, 2.75) is 64.7 Å². The summed E-state index contributed by atoms with van der Waals surface area (Å²) in [7, 11) is 0. The zero-order valence-electron chi connectivity index (χ0n) is 21.4. The maximum atomic E-state index is 16.1. The average Bonchev–Trinajstić information content (AvgIpc) is 3.60. The average molecular weight is 520 g/mol. The lowest BCUT2D eigenvalue weighted by Gasteiger charge is -2.29. The van der Waals surface area contributed by atoms with E-state index >= 15 is 4.39 Å². The third-order valence-corrected chi connectivity index (χ3v) is 7.55. The van der Waals surface area contributed by atoms with Crippen molar-refractivity contribution in [2.75, 3.05) is 18.4 Å². The van der Waals surface area contributed by atoms with E-state index in [1.54, 1.807) is 12.1 Å². The number of hydrogen-bond acceptors (Lipinski definition) is 7. The summed E-state index contributed by atoms with van der Waals surface area (Å²) in [6, 6.07) is 4.43. The fourth-order valence-electron chi connectivity index (χ4n) is 5.68. The molecule has 38 heavy (non-hydrogen) atoms. The number of likely N-dealkylation sites (tertiary alicyclic amines) is 1. The number of aromatic nitrogens is 3. The van der Waals surface area contributed by atoms with E-state index in [1.165, 1.54) is 4.90 Å². The first-order valence-corrected chi connectivity index (χ1v) is 13.1. The lowest BCUT2D eigenvalue weighted by atomic mass is 10.0. The standard InChI is InChI=1S/C27H30FN7O3/c1-14(2)29-25-24-23(32-33-25)15(12-34-9-3-4-10-34)11-19(30-24)17-6-5-16-18(22(17)28)13-35(27(16)38)20-7-8-21(36)31-26(20)37/h5-6,11,14,20H,3-4,7-10,12-13H2,1-2H3,(H2,29,32,33)(H,31,36,37). The maximum Gasteiger partial charge on any atom is 0.255 e. The molecule has 3 aromatic rings. The van der Waals surface area contributed by atoms with Gasteiger partial charge in [-0.1, -0.05) is 0 Å². The molecule has 1 unspecified atom stereocenters. The van der Waals surface area contributed by atoms with E-state index in [1.807, 2.05) is 19.9 Å². The van der Waals surface area contributed by atoms with Gasteiger partial charge in [0.1, 0.15) is 17.4 Å². The van der Waals surface area contributed by atoms with Crippen molar-refractivity contribution in [3.8, 4) is 11.3 Å². The normalized spacial score (nSPS) is 20.1. The molecule has 0 saturated carbocycles. The topological polar surface area (TPSA) is 123 Å². The molecule has 10 nitrogen and oxygen atoms in total. The molecule has 3 aliphatic rings. The summed E-state index contributed by atoms with van der Waals surface area (Å²) in [6.07, 6.45) is 2.68. The number of nitrogens with one attached hydrogen (secondary N) is 3. The molecule has 2 aromatic heterocycles. The van der Waals surface area contributed by atoms with E-state index in [9.17, 15) is 14.4 Å². The molecule has 198 valence electrons. The maximum absolute atomic E-state index is 16.1. The van der Waals surface area contributed by atoms with Crippen LogP contribution in [0.5, 0.6) is 0 Å². The van der Waals surface area contributed by atoms with Gasteiger partial charge in [-0.3, -0.25) is 29.7 Å². The predicted molar refractivity (Wildman–Crippen MR) is 139 cm³/mol. The molecular formula is C27H30FN7O3. The molecule has 0 aliphatic carbocycles. The van der Waals surface area contributed by atoms with E-state index < -0.39 is 23.7 Å². The second-order valence-corrected chi connectivity index (χ2v) is 10.6. The van der Waals surface area contributed by atoms with Crippen molar-refractivity contribution in [2.24, 2.45) is 0 Å². The van der Waals surface area contributed by atoms with Crippen LogP contribution < -0.4 is 10.6 Å². The van der Waals surface area contributed by atoms with Crippen LogP contribution in [0.15, 0.2) is 18.2 Å². The van der Waals surface area contributed by atoms with Crippen LogP contribution in [0.25, 0.3) is 22.3 Å². The minimum atomic E-state index is -0.799. The van der Waals surface area contributed by atoms with Crippen molar-refractivity contribution < 1.29 is 18.8 Å². The van der Waals surface area contributed by atoms with Gasteiger partial charge in [-0.05, 0) is 70.0 Å². The molecule has 3 N–H and O–H groups in total. The van der Waals surface area contributed by atoms with Gasteiger partial charge in [0.15, 0.2) is 5.82 Å². The number of aromatic amines is 1. The molecule has 3 aliphatic heterocycles. The molecule has 3 amide bonds. The monoisotopic (exact) mass is 519 g/mol. The highest BCUT2D eigenvalue weighted by atomic mass is 19.1. The lowest BCUT2D eigenvalue weighted by molar-refractivity contribution is -0.136. The van der Waals surface area contributed by atoms with E-state index in [-0.39, 0.29) is 42.5 Å². The quantitative estimate of drug-likeness (QED) is 0.428. The number of amides is 3. The molecule has 2 saturated heterocycles. The van der Waals surface area contributed by atoms with Gasteiger partial charge in [0.2, 0.25) is 11.8 Å². The molecule has 0 radical (unpaired) electrons. The lowest BCUT2D eigenvalue weighted by Crippen LogP contribution is -2.52. The molecule has 1 aromatic carbocycles. The van der Waals surface area contributed by atoms with Crippen LogP contribution >= 0.6 is 0 Å². The minimum absolute atomic E-state index is 0.0329. The Morgan fingerprint density at radius 1 is 1.16 bits per heavy atom. The minimum Gasteiger partial charge on any atom is -0.365 e. The van der Waals surface area contributed by atoms with E-state index in [0.717, 1.165) is 37.0 Å². The van der Waals surface area contributed by atoms with Crippen molar-refractivity contribution >= 4 is 34.6 Å². The Balaban J connectivity index is 1.39. The summed E-state index contributed by atoms with van der Waals surface area (Å²) in [4.78, 5) is 45.6. The summed E-state index contributed by atoms with van der Waals surface area (Å²) in [5.74, 6) is -1.20. The van der Waals surface area contributed by atoms with Gasteiger partial charge < -0.3 is 10.2 Å². The van der Waals surface area contributed by atoms with Gasteiger partial charge in [-0.2, -0.15) is 5.10 Å². The predicted octanol–water partition coefficient (Wildman–Crippen LogP) is 2.94. The molecule has 11 heteroatoms. The first kappa shape index (κ1) is 24.5. The van der Waals surface area contributed by atoms with Crippen LogP contribution in [-0.4, -0.2) is 67.9 Å². The third-order valence-electron chi connectivity index (χ3n) is 7.55. The zero-order chi connectivity index (χ0) is 26.6. The largest absolute Gasteiger partial charge is 0.365 e. The smallest absolute Gasteiger partial charge is 0.255 e. The fourth-order valence-corrected chi connectivity index (χ4v) is 5.68. The van der Waals surface area contributed by atoms with Crippen molar-refractivity contribution in [3.63, 3.8) is 0 Å². The number of benzene rings is 1. The Morgan fingerprint density at radius 3 is 2.66 bits per heavy atom. The van der Waals surface area contributed by atoms with Crippen molar-refractivity contribution in [3.05, 3.63) is 40.7 Å². The highest BCUT2D eigenvalue weighted by Gasteiger charge is 2.40. The molecule has 5 heterocycles. The van der Waals surface area contributed by atoms with Gasteiger partial charge in [0.25, 0.3) is 5.91 Å². The number of pyridine rings is 1. The van der Waals surface area contributed by atoms with Crippen LogP contribution in [0.3, 0.4) is 0 Å². The number of halogens is 1. The van der Waals surface area contributed by atoms with Crippen LogP contribution in [0.4, 0.5) is 10.2 Å². The number of carbonyl (C=O) groups is 3. The third kappa shape index (κ3) is 4.20. The van der Waals surface area contributed by atoms with E-state index in [0.29, 0.717) is 29.1 Å². The summed E-state index contributed by atoms with van der Waals surface area (Å²) >= 11 is 0. The van der Waals surface area contributed by atoms with Gasteiger partial charge in [-0.15, -0.1) is 0 Å². The van der Waals surface area contributed by atoms with Crippen LogP contribution in [0.1, 0.15) is 61.0 Å². The van der Waals surface area contributed by atoms with Crippen molar-refractivity contribution in [1.82, 2.24) is 30.3 Å².